The zero-order valence-electron chi connectivity index (χ0n) is 15.0. The second kappa shape index (κ2) is 8.35. The molecule has 1 saturated heterocycles. The van der Waals surface area contributed by atoms with Crippen molar-refractivity contribution < 1.29 is 24.2 Å². The first-order valence-electron chi connectivity index (χ1n) is 9.77. The maximum Gasteiger partial charge on any atom is 0.305 e. The zero-order valence-corrected chi connectivity index (χ0v) is 15.0. The van der Waals surface area contributed by atoms with Crippen LogP contribution in [-0.2, 0) is 19.1 Å². The van der Waals surface area contributed by atoms with Gasteiger partial charge in [-0.05, 0) is 64.2 Å². The lowest BCUT2D eigenvalue weighted by molar-refractivity contribution is -0.148. The van der Waals surface area contributed by atoms with E-state index in [9.17, 15) is 9.59 Å². The number of carboxylic acids is 1. The van der Waals surface area contributed by atoms with E-state index in [1.54, 1.807) is 0 Å². The van der Waals surface area contributed by atoms with Crippen LogP contribution in [-0.4, -0.2) is 35.9 Å². The molecule has 3 aliphatic rings. The predicted molar refractivity (Wildman–Crippen MR) is 93.2 cm³/mol. The Labute approximate surface area is 149 Å². The average molecular weight is 350 g/mol. The summed E-state index contributed by atoms with van der Waals surface area (Å²) >= 11 is 0. The maximum absolute atomic E-state index is 12.0. The molecular weight excluding hydrogens is 320 g/mol. The third kappa shape index (κ3) is 5.56. The van der Waals surface area contributed by atoms with Crippen molar-refractivity contribution in [2.45, 2.75) is 89.3 Å². The van der Waals surface area contributed by atoms with Crippen LogP contribution in [0.5, 0.6) is 0 Å². The Balaban J connectivity index is 1.48. The van der Waals surface area contributed by atoms with Gasteiger partial charge in [0.2, 0.25) is 0 Å². The van der Waals surface area contributed by atoms with Gasteiger partial charge in [0.1, 0.15) is 0 Å². The van der Waals surface area contributed by atoms with Crippen LogP contribution in [0.4, 0.5) is 0 Å². The van der Waals surface area contributed by atoms with Crippen molar-refractivity contribution in [1.82, 2.24) is 0 Å². The summed E-state index contributed by atoms with van der Waals surface area (Å²) in [5.74, 6) is -1.00. The Kier molecular flexibility index (Phi) is 6.15. The second-order valence-corrected chi connectivity index (χ2v) is 8.00. The summed E-state index contributed by atoms with van der Waals surface area (Å²) in [5, 5.41) is 8.64. The highest BCUT2D eigenvalue weighted by Crippen LogP contribution is 2.50. The van der Waals surface area contributed by atoms with E-state index in [0.29, 0.717) is 38.1 Å². The van der Waals surface area contributed by atoms with Crippen LogP contribution in [0.25, 0.3) is 0 Å². The number of rotatable bonds is 9. The molecule has 0 amide bonds. The molecule has 5 heteroatoms. The van der Waals surface area contributed by atoms with Crippen LogP contribution < -0.4 is 0 Å². The molecule has 25 heavy (non-hydrogen) atoms. The molecule has 2 aliphatic carbocycles. The molecule has 0 aromatic carbocycles. The molecule has 1 saturated carbocycles. The van der Waals surface area contributed by atoms with E-state index in [-0.39, 0.29) is 17.8 Å². The molecule has 3 unspecified atom stereocenters. The zero-order chi connectivity index (χ0) is 17.7. The smallest absolute Gasteiger partial charge is 0.305 e. The van der Waals surface area contributed by atoms with Gasteiger partial charge in [0, 0.05) is 18.3 Å². The number of epoxide rings is 1. The van der Waals surface area contributed by atoms with E-state index in [4.69, 9.17) is 14.6 Å². The van der Waals surface area contributed by atoms with Gasteiger partial charge in [-0.1, -0.05) is 11.6 Å². The van der Waals surface area contributed by atoms with E-state index >= 15 is 0 Å². The Morgan fingerprint density at radius 3 is 2.80 bits per heavy atom. The quantitative estimate of drug-likeness (QED) is 0.294. The number of ether oxygens (including phenoxy) is 2. The number of allylic oxidation sites excluding steroid dienone is 2. The molecule has 0 aromatic rings. The molecular formula is C20H30O5. The third-order valence-electron chi connectivity index (χ3n) is 5.83. The van der Waals surface area contributed by atoms with Gasteiger partial charge in [-0.3, -0.25) is 9.59 Å². The highest BCUT2D eigenvalue weighted by atomic mass is 16.6. The molecule has 1 heterocycles. The van der Waals surface area contributed by atoms with Crippen molar-refractivity contribution in [3.05, 3.63) is 11.6 Å². The number of esters is 1. The Morgan fingerprint density at radius 2 is 2.08 bits per heavy atom. The summed E-state index contributed by atoms with van der Waals surface area (Å²) in [7, 11) is 0. The van der Waals surface area contributed by atoms with Gasteiger partial charge in [0.25, 0.3) is 0 Å². The molecule has 0 radical (unpaired) electrons. The summed E-state index contributed by atoms with van der Waals surface area (Å²) in [5.41, 5.74) is 1.57. The predicted octanol–water partition coefficient (Wildman–Crippen LogP) is 4.00. The molecule has 0 spiro atoms. The molecule has 5 nitrogen and oxygen atoms in total. The lowest BCUT2D eigenvalue weighted by atomic mass is 9.69. The van der Waals surface area contributed by atoms with E-state index < -0.39 is 5.97 Å². The lowest BCUT2D eigenvalue weighted by Crippen LogP contribution is -2.34. The van der Waals surface area contributed by atoms with Gasteiger partial charge >= 0.3 is 11.9 Å². The fourth-order valence-electron chi connectivity index (χ4n) is 4.33. The van der Waals surface area contributed by atoms with Crippen LogP contribution in [0.15, 0.2) is 11.6 Å². The topological polar surface area (TPSA) is 76.1 Å². The third-order valence-corrected chi connectivity index (χ3v) is 5.83. The number of fused-ring (bicyclic) bond motifs is 1. The largest absolute Gasteiger partial charge is 0.481 e. The standard InChI is InChI=1S/C20H30O5/c21-18(22)8-4-5-9-19(23)24-14-20(11-10-16-17(13-20)25-16)12-15-6-2-1-3-7-15/h6,16-17H,1-5,7-14H2,(H,21,22). The average Bonchev–Trinajstić information content (AvgIpc) is 3.36. The van der Waals surface area contributed by atoms with Crippen LogP contribution in [0.3, 0.4) is 0 Å². The van der Waals surface area contributed by atoms with E-state index in [1.165, 1.54) is 31.3 Å². The van der Waals surface area contributed by atoms with Crippen molar-refractivity contribution >= 4 is 11.9 Å². The Bertz CT molecular complexity index is 526. The van der Waals surface area contributed by atoms with E-state index in [0.717, 1.165) is 25.7 Å². The lowest BCUT2D eigenvalue weighted by Gasteiger charge is -2.36. The molecule has 1 N–H and O–H groups in total. The SMILES string of the molecule is O=C(O)CCCCC(=O)OCC1(CC2=CCCCC2)CCC2OC2C1. The van der Waals surface area contributed by atoms with E-state index in [2.05, 4.69) is 6.08 Å². The van der Waals surface area contributed by atoms with Gasteiger partial charge in [0.15, 0.2) is 0 Å². The number of aliphatic carboxylic acids is 1. The number of unbranched alkanes of at least 4 members (excludes halogenated alkanes) is 1. The van der Waals surface area contributed by atoms with Crippen LogP contribution >= 0.6 is 0 Å². The monoisotopic (exact) mass is 350 g/mol. The van der Waals surface area contributed by atoms with Gasteiger partial charge < -0.3 is 14.6 Å². The van der Waals surface area contributed by atoms with Crippen molar-refractivity contribution in [2.24, 2.45) is 5.41 Å². The fraction of sp³-hybridized carbons (Fsp3) is 0.800. The first-order chi connectivity index (χ1) is 12.1. The van der Waals surface area contributed by atoms with Crippen molar-refractivity contribution in [3.63, 3.8) is 0 Å². The molecule has 0 bridgehead atoms. The number of carbonyl (C=O) groups is 2. The van der Waals surface area contributed by atoms with Crippen molar-refractivity contribution in [2.75, 3.05) is 6.61 Å². The minimum Gasteiger partial charge on any atom is -0.481 e. The fourth-order valence-corrected chi connectivity index (χ4v) is 4.33. The summed E-state index contributed by atoms with van der Waals surface area (Å²) in [6.07, 6.45) is 13.8. The molecule has 0 aromatic heterocycles. The van der Waals surface area contributed by atoms with Crippen LogP contribution in [0, 0.1) is 5.41 Å². The summed E-state index contributed by atoms with van der Waals surface area (Å²) in [6, 6.07) is 0. The van der Waals surface area contributed by atoms with Crippen molar-refractivity contribution in [1.29, 1.82) is 0 Å². The van der Waals surface area contributed by atoms with Gasteiger partial charge in [-0.25, -0.2) is 0 Å². The number of carboxylic acid groups (broad SMARTS) is 1. The van der Waals surface area contributed by atoms with Crippen LogP contribution in [0.2, 0.25) is 0 Å². The van der Waals surface area contributed by atoms with Crippen molar-refractivity contribution in [3.8, 4) is 0 Å². The highest BCUT2D eigenvalue weighted by Gasteiger charge is 2.51. The number of hydrogen-bond donors (Lipinski definition) is 1. The first-order valence-corrected chi connectivity index (χ1v) is 9.77. The van der Waals surface area contributed by atoms with Gasteiger partial charge in [-0.2, -0.15) is 0 Å². The molecule has 1 aliphatic heterocycles. The Morgan fingerprint density at radius 1 is 1.24 bits per heavy atom. The molecule has 3 atom stereocenters. The normalized spacial score (nSPS) is 31.0. The van der Waals surface area contributed by atoms with Gasteiger partial charge in [-0.15, -0.1) is 0 Å². The highest BCUT2D eigenvalue weighted by molar-refractivity contribution is 5.69. The second-order valence-electron chi connectivity index (χ2n) is 8.00. The van der Waals surface area contributed by atoms with E-state index in [1.807, 2.05) is 0 Å². The summed E-state index contributed by atoms with van der Waals surface area (Å²) < 4.78 is 11.3. The minimum absolute atomic E-state index is 0.0393. The first kappa shape index (κ1) is 18.4. The summed E-state index contributed by atoms with van der Waals surface area (Å²) in [4.78, 5) is 22.6. The number of hydrogen-bond acceptors (Lipinski definition) is 4. The molecule has 2 fully saturated rings. The molecule has 140 valence electrons. The summed E-state index contributed by atoms with van der Waals surface area (Å²) in [6.45, 7) is 0.481. The molecule has 3 rings (SSSR count). The van der Waals surface area contributed by atoms with Gasteiger partial charge in [0.05, 0.1) is 18.8 Å². The maximum atomic E-state index is 12.0. The number of carbonyl (C=O) groups excluding carboxylic acids is 1. The van der Waals surface area contributed by atoms with Crippen LogP contribution in [0.1, 0.15) is 77.0 Å². The minimum atomic E-state index is -0.811. The Hall–Kier alpha value is -1.36.